The van der Waals surface area contributed by atoms with Crippen LogP contribution < -0.4 is 5.32 Å². The number of carbonyl (C=O) groups is 1. The Morgan fingerprint density at radius 1 is 1.00 bits per heavy atom. The number of sulfonamides is 1. The number of rotatable bonds is 5. The van der Waals surface area contributed by atoms with Crippen LogP contribution in [0.5, 0.6) is 0 Å². The Labute approximate surface area is 162 Å². The third kappa shape index (κ3) is 4.70. The Morgan fingerprint density at radius 3 is 2.35 bits per heavy atom. The molecule has 0 radical (unpaired) electrons. The van der Waals surface area contributed by atoms with E-state index in [-0.39, 0.29) is 12.5 Å². The van der Waals surface area contributed by atoms with Gasteiger partial charge in [0.2, 0.25) is 15.9 Å². The number of carbonyl (C=O) groups excluding carboxylic acids is 1. The predicted molar refractivity (Wildman–Crippen MR) is 104 cm³/mol. The van der Waals surface area contributed by atoms with E-state index in [0.717, 1.165) is 10.2 Å². The molecule has 0 spiro atoms. The lowest BCUT2D eigenvalue weighted by atomic mass is 10.3. The van der Waals surface area contributed by atoms with Gasteiger partial charge in [-0.05, 0) is 30.3 Å². The first-order valence-corrected chi connectivity index (χ1v) is 10.5. The molecule has 2 aromatic carbocycles. The van der Waals surface area contributed by atoms with Crippen LogP contribution in [0.3, 0.4) is 0 Å². The van der Waals surface area contributed by atoms with Gasteiger partial charge < -0.3 is 5.32 Å². The van der Waals surface area contributed by atoms with E-state index in [9.17, 15) is 13.2 Å². The van der Waals surface area contributed by atoms with Crippen molar-refractivity contribution >= 4 is 37.5 Å². The number of nitrogens with one attached hydrogen (secondary N) is 1. The summed E-state index contributed by atoms with van der Waals surface area (Å²) in [5.74, 6) is -0.109. The highest BCUT2D eigenvalue weighted by Gasteiger charge is 2.28. The number of benzene rings is 2. The summed E-state index contributed by atoms with van der Waals surface area (Å²) in [6.45, 7) is 2.05. The van der Waals surface area contributed by atoms with Crippen LogP contribution in [-0.4, -0.2) is 56.3 Å². The van der Waals surface area contributed by atoms with Gasteiger partial charge in [-0.25, -0.2) is 8.42 Å². The van der Waals surface area contributed by atoms with Crippen molar-refractivity contribution in [2.24, 2.45) is 0 Å². The molecule has 0 aliphatic carbocycles. The third-order valence-corrected chi connectivity index (χ3v) is 6.59. The van der Waals surface area contributed by atoms with E-state index in [1.165, 1.54) is 4.31 Å². The van der Waals surface area contributed by atoms with Crippen LogP contribution in [0.15, 0.2) is 64.0 Å². The molecule has 3 rings (SSSR count). The van der Waals surface area contributed by atoms with E-state index in [0.29, 0.717) is 31.1 Å². The molecule has 1 amide bonds. The van der Waals surface area contributed by atoms with Crippen LogP contribution in [0.1, 0.15) is 0 Å². The molecule has 1 aliphatic rings. The van der Waals surface area contributed by atoms with E-state index in [2.05, 4.69) is 21.2 Å². The van der Waals surface area contributed by atoms with Gasteiger partial charge in [0, 0.05) is 36.3 Å². The SMILES string of the molecule is O=C(CN1CCN(S(=O)(=O)c2ccccc2)CC1)Nc1cccc(Br)c1. The molecule has 0 bridgehead atoms. The van der Waals surface area contributed by atoms with E-state index in [4.69, 9.17) is 0 Å². The molecule has 8 heteroatoms. The van der Waals surface area contributed by atoms with Gasteiger partial charge in [0.05, 0.1) is 11.4 Å². The number of nitrogens with zero attached hydrogens (tertiary/aromatic N) is 2. The Balaban J connectivity index is 1.53. The molecule has 0 aromatic heterocycles. The molecule has 2 aromatic rings. The van der Waals surface area contributed by atoms with Crippen LogP contribution in [0.4, 0.5) is 5.69 Å². The third-order valence-electron chi connectivity index (χ3n) is 4.19. The molecular formula is C18H20BrN3O3S. The van der Waals surface area contributed by atoms with Crippen LogP contribution in [0.25, 0.3) is 0 Å². The zero-order chi connectivity index (χ0) is 18.6. The molecule has 0 saturated carbocycles. The van der Waals surface area contributed by atoms with Crippen molar-refractivity contribution < 1.29 is 13.2 Å². The second-order valence-electron chi connectivity index (χ2n) is 6.05. The molecule has 1 heterocycles. The summed E-state index contributed by atoms with van der Waals surface area (Å²) < 4.78 is 27.6. The first-order chi connectivity index (χ1) is 12.4. The number of anilines is 1. The molecule has 0 atom stereocenters. The lowest BCUT2D eigenvalue weighted by Gasteiger charge is -2.33. The Hall–Kier alpha value is -1.74. The zero-order valence-corrected chi connectivity index (χ0v) is 16.5. The van der Waals surface area contributed by atoms with Crippen molar-refractivity contribution in [2.75, 3.05) is 38.0 Å². The van der Waals surface area contributed by atoms with Crippen molar-refractivity contribution in [2.45, 2.75) is 4.90 Å². The number of halogens is 1. The maximum atomic E-state index is 12.6. The lowest BCUT2D eigenvalue weighted by Crippen LogP contribution is -2.50. The molecule has 6 nitrogen and oxygen atoms in total. The summed E-state index contributed by atoms with van der Waals surface area (Å²) in [6.07, 6.45) is 0. The Kier molecular flexibility index (Phi) is 6.08. The molecule has 0 unspecified atom stereocenters. The summed E-state index contributed by atoms with van der Waals surface area (Å²) in [5.41, 5.74) is 0.731. The first kappa shape index (κ1) is 19.0. The van der Waals surface area contributed by atoms with Crippen molar-refractivity contribution in [3.8, 4) is 0 Å². The summed E-state index contributed by atoms with van der Waals surface area (Å²) >= 11 is 3.37. The minimum atomic E-state index is -3.47. The second-order valence-corrected chi connectivity index (χ2v) is 8.91. The van der Waals surface area contributed by atoms with Crippen LogP contribution in [0.2, 0.25) is 0 Å². The number of piperazine rings is 1. The molecule has 138 valence electrons. The van der Waals surface area contributed by atoms with E-state index >= 15 is 0 Å². The van der Waals surface area contributed by atoms with Gasteiger partial charge in [-0.3, -0.25) is 9.69 Å². The molecule has 1 fully saturated rings. The zero-order valence-electron chi connectivity index (χ0n) is 14.1. The average molecular weight is 438 g/mol. The van der Waals surface area contributed by atoms with Gasteiger partial charge >= 0.3 is 0 Å². The fourth-order valence-corrected chi connectivity index (χ4v) is 4.68. The van der Waals surface area contributed by atoms with Crippen molar-refractivity contribution in [1.29, 1.82) is 0 Å². The van der Waals surface area contributed by atoms with Gasteiger partial charge in [-0.1, -0.05) is 40.2 Å². The van der Waals surface area contributed by atoms with Gasteiger partial charge in [0.1, 0.15) is 0 Å². The van der Waals surface area contributed by atoms with E-state index < -0.39 is 10.0 Å². The molecule has 1 aliphatic heterocycles. The predicted octanol–water partition coefficient (Wildman–Crippen LogP) is 2.39. The summed E-state index contributed by atoms with van der Waals surface area (Å²) in [5, 5.41) is 2.85. The van der Waals surface area contributed by atoms with Crippen molar-refractivity contribution in [1.82, 2.24) is 9.21 Å². The highest BCUT2D eigenvalue weighted by Crippen LogP contribution is 2.18. The quantitative estimate of drug-likeness (QED) is 0.779. The van der Waals surface area contributed by atoms with Gasteiger partial charge in [0.15, 0.2) is 0 Å². The Morgan fingerprint density at radius 2 is 1.69 bits per heavy atom. The summed E-state index contributed by atoms with van der Waals surface area (Å²) in [7, 11) is -3.47. The largest absolute Gasteiger partial charge is 0.325 e. The molecule has 26 heavy (non-hydrogen) atoms. The number of amides is 1. The average Bonchev–Trinajstić information content (AvgIpc) is 2.63. The fourth-order valence-electron chi connectivity index (χ4n) is 2.84. The number of hydrogen-bond acceptors (Lipinski definition) is 4. The maximum Gasteiger partial charge on any atom is 0.243 e. The summed E-state index contributed by atoms with van der Waals surface area (Å²) in [4.78, 5) is 14.5. The van der Waals surface area contributed by atoms with Gasteiger partial charge in [0.25, 0.3) is 0 Å². The highest BCUT2D eigenvalue weighted by atomic mass is 79.9. The fraction of sp³-hybridized carbons (Fsp3) is 0.278. The van der Waals surface area contributed by atoms with E-state index in [1.54, 1.807) is 30.3 Å². The smallest absolute Gasteiger partial charge is 0.243 e. The lowest BCUT2D eigenvalue weighted by molar-refractivity contribution is -0.117. The van der Waals surface area contributed by atoms with Crippen LogP contribution in [0, 0.1) is 0 Å². The minimum Gasteiger partial charge on any atom is -0.325 e. The van der Waals surface area contributed by atoms with Crippen molar-refractivity contribution in [3.63, 3.8) is 0 Å². The normalized spacial score (nSPS) is 16.3. The second kappa shape index (κ2) is 8.30. The van der Waals surface area contributed by atoms with Crippen molar-refractivity contribution in [3.05, 3.63) is 59.1 Å². The molecular weight excluding hydrogens is 418 g/mol. The van der Waals surface area contributed by atoms with Crippen LogP contribution in [-0.2, 0) is 14.8 Å². The Bertz CT molecular complexity index is 866. The van der Waals surface area contributed by atoms with Gasteiger partial charge in [-0.15, -0.1) is 0 Å². The maximum absolute atomic E-state index is 12.6. The van der Waals surface area contributed by atoms with Gasteiger partial charge in [-0.2, -0.15) is 4.31 Å². The molecule has 1 N–H and O–H groups in total. The minimum absolute atomic E-state index is 0.109. The monoisotopic (exact) mass is 437 g/mol. The van der Waals surface area contributed by atoms with E-state index in [1.807, 2.05) is 29.2 Å². The number of hydrogen-bond donors (Lipinski definition) is 1. The first-order valence-electron chi connectivity index (χ1n) is 8.28. The summed E-state index contributed by atoms with van der Waals surface area (Å²) in [6, 6.07) is 15.8. The molecule has 1 saturated heterocycles. The standard InChI is InChI=1S/C18H20BrN3O3S/c19-15-5-4-6-16(13-15)20-18(23)14-21-9-11-22(12-10-21)26(24,25)17-7-2-1-3-8-17/h1-8,13H,9-12,14H2,(H,20,23). The van der Waals surface area contributed by atoms with Crippen LogP contribution >= 0.6 is 15.9 Å². The highest BCUT2D eigenvalue weighted by molar-refractivity contribution is 9.10. The topological polar surface area (TPSA) is 69.7 Å².